The fourth-order valence-corrected chi connectivity index (χ4v) is 2.88. The van der Waals surface area contributed by atoms with Crippen LogP contribution < -0.4 is 20.1 Å². The molecule has 5 nitrogen and oxygen atoms in total. The first-order chi connectivity index (χ1) is 12.5. The molecule has 5 heteroatoms. The summed E-state index contributed by atoms with van der Waals surface area (Å²) in [6.45, 7) is 8.68. The van der Waals surface area contributed by atoms with Gasteiger partial charge in [-0.25, -0.2) is 0 Å². The highest BCUT2D eigenvalue weighted by Gasteiger charge is 2.31. The number of hydrogen-bond acceptors (Lipinski definition) is 4. The molecule has 1 aliphatic heterocycles. The maximum Gasteiger partial charge on any atom is 0.234 e. The van der Waals surface area contributed by atoms with Crippen molar-refractivity contribution in [2.75, 3.05) is 25.1 Å². The maximum absolute atomic E-state index is 12.9. The van der Waals surface area contributed by atoms with E-state index in [9.17, 15) is 4.79 Å². The van der Waals surface area contributed by atoms with Crippen LogP contribution >= 0.6 is 0 Å². The van der Waals surface area contributed by atoms with E-state index in [1.165, 1.54) is 0 Å². The monoisotopic (exact) mass is 354 g/mol. The van der Waals surface area contributed by atoms with Crippen LogP contribution in [0.25, 0.3) is 0 Å². The van der Waals surface area contributed by atoms with Gasteiger partial charge in [0.25, 0.3) is 0 Å². The van der Waals surface area contributed by atoms with Crippen LogP contribution in [0, 0.1) is 0 Å². The van der Waals surface area contributed by atoms with Crippen molar-refractivity contribution in [3.8, 4) is 11.5 Å². The number of ether oxygens (including phenoxy) is 2. The van der Waals surface area contributed by atoms with Crippen molar-refractivity contribution in [1.82, 2.24) is 5.32 Å². The molecule has 1 heterocycles. The van der Waals surface area contributed by atoms with Crippen molar-refractivity contribution in [3.05, 3.63) is 53.6 Å². The molecule has 0 fully saturated rings. The van der Waals surface area contributed by atoms with Crippen molar-refractivity contribution >= 4 is 11.6 Å². The van der Waals surface area contributed by atoms with Gasteiger partial charge < -0.3 is 20.1 Å². The first-order valence-corrected chi connectivity index (χ1v) is 9.02. The number of amides is 1. The van der Waals surface area contributed by atoms with Crippen LogP contribution in [-0.2, 0) is 16.8 Å². The van der Waals surface area contributed by atoms with Crippen LogP contribution in [0.4, 0.5) is 5.69 Å². The molecule has 0 saturated heterocycles. The molecule has 0 saturated carbocycles. The average molecular weight is 354 g/mol. The number of hydrogen-bond donors (Lipinski definition) is 2. The summed E-state index contributed by atoms with van der Waals surface area (Å²) in [5, 5.41) is 6.33. The van der Waals surface area contributed by atoms with E-state index in [1.54, 1.807) is 0 Å². The summed E-state index contributed by atoms with van der Waals surface area (Å²) in [5.74, 6) is 1.37. The van der Waals surface area contributed by atoms with Crippen LogP contribution in [0.5, 0.6) is 11.5 Å². The van der Waals surface area contributed by atoms with Crippen LogP contribution in [0.15, 0.2) is 42.5 Å². The molecular weight excluding hydrogens is 328 g/mol. The first kappa shape index (κ1) is 18.3. The predicted molar refractivity (Wildman–Crippen MR) is 103 cm³/mol. The molecular formula is C21H26N2O3. The lowest BCUT2D eigenvalue weighted by molar-refractivity contribution is -0.120. The van der Waals surface area contributed by atoms with Crippen molar-refractivity contribution < 1.29 is 14.3 Å². The molecule has 2 aromatic rings. The van der Waals surface area contributed by atoms with Gasteiger partial charge in [-0.15, -0.1) is 0 Å². The Morgan fingerprint density at radius 2 is 1.85 bits per heavy atom. The summed E-state index contributed by atoms with van der Waals surface area (Å²) in [5.41, 5.74) is 2.13. The minimum Gasteiger partial charge on any atom is -0.486 e. The van der Waals surface area contributed by atoms with E-state index in [1.807, 2.05) is 56.3 Å². The molecule has 0 atom stereocenters. The highest BCUT2D eigenvalue weighted by Crippen LogP contribution is 2.35. The average Bonchev–Trinajstić information content (AvgIpc) is 2.66. The van der Waals surface area contributed by atoms with Gasteiger partial charge in [0.05, 0.1) is 5.41 Å². The first-order valence-electron chi connectivity index (χ1n) is 9.02. The van der Waals surface area contributed by atoms with Gasteiger partial charge in [0.15, 0.2) is 11.5 Å². The molecule has 0 unspecified atom stereocenters. The molecule has 3 rings (SSSR count). The zero-order valence-corrected chi connectivity index (χ0v) is 15.6. The van der Waals surface area contributed by atoms with Crippen LogP contribution in [0.2, 0.25) is 0 Å². The van der Waals surface area contributed by atoms with E-state index in [4.69, 9.17) is 9.47 Å². The molecule has 0 aromatic heterocycles. The molecule has 2 aromatic carbocycles. The fourth-order valence-electron chi connectivity index (χ4n) is 2.88. The van der Waals surface area contributed by atoms with Crippen LogP contribution in [0.3, 0.4) is 0 Å². The maximum atomic E-state index is 12.9. The van der Waals surface area contributed by atoms with Gasteiger partial charge in [-0.3, -0.25) is 4.79 Å². The van der Waals surface area contributed by atoms with Gasteiger partial charge >= 0.3 is 0 Å². The molecule has 2 N–H and O–H groups in total. The third-order valence-corrected chi connectivity index (χ3v) is 4.60. The minimum absolute atomic E-state index is 0.0604. The summed E-state index contributed by atoms with van der Waals surface area (Å²) in [6.07, 6.45) is 0. The quantitative estimate of drug-likeness (QED) is 0.834. The van der Waals surface area contributed by atoms with E-state index in [-0.39, 0.29) is 5.91 Å². The van der Waals surface area contributed by atoms with Gasteiger partial charge in [0.1, 0.15) is 13.2 Å². The fraction of sp³-hybridized carbons (Fsp3) is 0.381. The molecule has 138 valence electrons. The smallest absolute Gasteiger partial charge is 0.234 e. The van der Waals surface area contributed by atoms with Gasteiger partial charge in [-0.05, 0) is 55.8 Å². The van der Waals surface area contributed by atoms with Gasteiger partial charge in [0, 0.05) is 12.2 Å². The number of fused-ring (bicyclic) bond motifs is 1. The topological polar surface area (TPSA) is 59.6 Å². The minimum atomic E-state index is -0.701. The van der Waals surface area contributed by atoms with Gasteiger partial charge in [0.2, 0.25) is 5.91 Å². The van der Waals surface area contributed by atoms with Crippen molar-refractivity contribution in [2.24, 2.45) is 0 Å². The van der Waals surface area contributed by atoms with E-state index in [0.29, 0.717) is 19.0 Å². The van der Waals surface area contributed by atoms with E-state index < -0.39 is 5.41 Å². The summed E-state index contributed by atoms with van der Waals surface area (Å²) in [4.78, 5) is 12.9. The third kappa shape index (κ3) is 3.99. The third-order valence-electron chi connectivity index (χ3n) is 4.60. The standard InChI is InChI=1S/C21H26N2O3/c1-4-22-14-15-6-5-7-17(12-15)23-20(24)21(2,3)16-8-9-18-19(13-16)26-11-10-25-18/h5-9,12-13,22H,4,10-11,14H2,1-3H3,(H,23,24). The Labute approximate surface area is 154 Å². The largest absolute Gasteiger partial charge is 0.486 e. The zero-order chi connectivity index (χ0) is 18.6. The number of rotatable bonds is 6. The highest BCUT2D eigenvalue weighted by molar-refractivity contribution is 5.98. The van der Waals surface area contributed by atoms with E-state index in [0.717, 1.165) is 35.7 Å². The van der Waals surface area contributed by atoms with Crippen LogP contribution in [-0.4, -0.2) is 25.7 Å². The second-order valence-corrected chi connectivity index (χ2v) is 6.92. The number of carbonyl (C=O) groups is 1. The number of benzene rings is 2. The Hall–Kier alpha value is -2.53. The molecule has 0 radical (unpaired) electrons. The molecule has 0 aliphatic carbocycles. The second-order valence-electron chi connectivity index (χ2n) is 6.92. The van der Waals surface area contributed by atoms with E-state index in [2.05, 4.69) is 17.6 Å². The summed E-state index contributed by atoms with van der Waals surface area (Å²) < 4.78 is 11.2. The molecule has 1 aliphatic rings. The Kier molecular flexibility index (Phi) is 5.47. The number of nitrogens with one attached hydrogen (secondary N) is 2. The number of anilines is 1. The molecule has 26 heavy (non-hydrogen) atoms. The Bertz CT molecular complexity index is 787. The Balaban J connectivity index is 1.76. The molecule has 1 amide bonds. The van der Waals surface area contributed by atoms with Crippen LogP contribution in [0.1, 0.15) is 31.9 Å². The predicted octanol–water partition coefficient (Wildman–Crippen LogP) is 3.48. The van der Waals surface area contributed by atoms with Crippen molar-refractivity contribution in [2.45, 2.75) is 32.7 Å². The zero-order valence-electron chi connectivity index (χ0n) is 15.6. The van der Waals surface area contributed by atoms with E-state index >= 15 is 0 Å². The van der Waals surface area contributed by atoms with Gasteiger partial charge in [-0.2, -0.15) is 0 Å². The second kappa shape index (κ2) is 7.79. The van der Waals surface area contributed by atoms with Crippen molar-refractivity contribution in [3.63, 3.8) is 0 Å². The number of carbonyl (C=O) groups excluding carboxylic acids is 1. The SMILES string of the molecule is CCNCc1cccc(NC(=O)C(C)(C)c2ccc3c(c2)OCCO3)c1. The Morgan fingerprint density at radius 1 is 1.08 bits per heavy atom. The lowest BCUT2D eigenvalue weighted by Crippen LogP contribution is -2.35. The lowest BCUT2D eigenvalue weighted by atomic mass is 9.83. The Morgan fingerprint density at radius 3 is 2.62 bits per heavy atom. The highest BCUT2D eigenvalue weighted by atomic mass is 16.6. The molecule has 0 spiro atoms. The lowest BCUT2D eigenvalue weighted by Gasteiger charge is -2.26. The van der Waals surface area contributed by atoms with Crippen molar-refractivity contribution in [1.29, 1.82) is 0 Å². The van der Waals surface area contributed by atoms with Gasteiger partial charge in [-0.1, -0.05) is 25.1 Å². The summed E-state index contributed by atoms with van der Waals surface area (Å²) in [7, 11) is 0. The summed E-state index contributed by atoms with van der Waals surface area (Å²) in [6, 6.07) is 13.6. The normalized spacial score (nSPS) is 13.3. The molecule has 0 bridgehead atoms. The summed E-state index contributed by atoms with van der Waals surface area (Å²) >= 11 is 0.